The van der Waals surface area contributed by atoms with Crippen LogP contribution >= 0.6 is 11.6 Å². The highest BCUT2D eigenvalue weighted by molar-refractivity contribution is 6.30. The molecule has 3 nitrogen and oxygen atoms in total. The molecule has 0 radical (unpaired) electrons. The molecule has 0 bridgehead atoms. The highest BCUT2D eigenvalue weighted by atomic mass is 35.5. The molecular weight excluding hydrogens is 247 g/mol. The number of alkyl halides is 2. The molecular formula is C9H7ClF3NO2. The second-order valence-electron chi connectivity index (χ2n) is 2.71. The molecule has 1 aromatic heterocycles. The first kappa shape index (κ1) is 12.8. The van der Waals surface area contributed by atoms with Crippen molar-refractivity contribution < 1.29 is 22.7 Å². The maximum Gasteiger partial charge on any atom is 0.340 e. The molecule has 0 unspecified atom stereocenters. The monoisotopic (exact) mass is 253 g/mol. The largest absolute Gasteiger partial charge is 0.462 e. The van der Waals surface area contributed by atoms with Gasteiger partial charge in [-0.25, -0.2) is 18.6 Å². The molecule has 88 valence electrons. The lowest BCUT2D eigenvalue weighted by molar-refractivity contribution is 0.0513. The molecule has 1 aromatic rings. The van der Waals surface area contributed by atoms with Crippen molar-refractivity contribution >= 4 is 17.6 Å². The number of nitrogens with zero attached hydrogens (tertiary/aromatic N) is 1. The van der Waals surface area contributed by atoms with Gasteiger partial charge in [0.1, 0.15) is 5.69 Å². The van der Waals surface area contributed by atoms with E-state index in [4.69, 9.17) is 11.6 Å². The molecule has 0 saturated carbocycles. The van der Waals surface area contributed by atoms with E-state index in [1.54, 1.807) is 0 Å². The Hall–Kier alpha value is -1.30. The third-order valence-electron chi connectivity index (χ3n) is 1.66. The first-order chi connectivity index (χ1) is 7.47. The molecule has 1 rings (SSSR count). The van der Waals surface area contributed by atoms with Gasteiger partial charge in [-0.05, 0) is 13.0 Å². The number of hydrogen-bond donors (Lipinski definition) is 0. The molecule has 0 spiro atoms. The van der Waals surface area contributed by atoms with Gasteiger partial charge in [0.25, 0.3) is 6.43 Å². The molecule has 0 atom stereocenters. The highest BCUT2D eigenvalue weighted by Gasteiger charge is 2.23. The second kappa shape index (κ2) is 5.16. The Bertz CT molecular complexity index is 412. The Morgan fingerprint density at radius 3 is 2.75 bits per heavy atom. The second-order valence-corrected chi connectivity index (χ2v) is 3.12. The predicted molar refractivity (Wildman–Crippen MR) is 50.1 cm³/mol. The first-order valence-corrected chi connectivity index (χ1v) is 4.66. The molecule has 0 aliphatic carbocycles. The van der Waals surface area contributed by atoms with E-state index in [1.807, 2.05) is 0 Å². The molecule has 7 heteroatoms. The summed E-state index contributed by atoms with van der Waals surface area (Å²) >= 11 is 5.34. The van der Waals surface area contributed by atoms with Crippen LogP contribution in [0.4, 0.5) is 13.2 Å². The average Bonchev–Trinajstić information content (AvgIpc) is 2.21. The Morgan fingerprint density at radius 2 is 2.25 bits per heavy atom. The summed E-state index contributed by atoms with van der Waals surface area (Å²) in [4.78, 5) is 14.2. The van der Waals surface area contributed by atoms with E-state index in [0.717, 1.165) is 6.07 Å². The number of halogens is 4. The maximum absolute atomic E-state index is 12.8. The van der Waals surface area contributed by atoms with E-state index in [9.17, 15) is 18.0 Å². The molecule has 1 heterocycles. The van der Waals surface area contributed by atoms with Crippen LogP contribution in [0.25, 0.3) is 0 Å². The van der Waals surface area contributed by atoms with Crippen LogP contribution in [0.5, 0.6) is 0 Å². The van der Waals surface area contributed by atoms with Gasteiger partial charge < -0.3 is 4.74 Å². The first-order valence-electron chi connectivity index (χ1n) is 4.28. The van der Waals surface area contributed by atoms with E-state index in [2.05, 4.69) is 9.72 Å². The number of pyridine rings is 1. The third-order valence-corrected chi connectivity index (χ3v) is 1.93. The molecule has 0 aromatic carbocycles. The molecule has 0 aliphatic rings. The third kappa shape index (κ3) is 2.63. The number of aromatic nitrogens is 1. The van der Waals surface area contributed by atoms with Gasteiger partial charge >= 0.3 is 5.97 Å². The van der Waals surface area contributed by atoms with E-state index >= 15 is 0 Å². The topological polar surface area (TPSA) is 39.2 Å². The number of ether oxygens (including phenoxy) is 1. The molecule has 0 saturated heterocycles. The SMILES string of the molecule is CCOC(=O)c1cc(Cl)c(F)nc1C(F)F. The lowest BCUT2D eigenvalue weighted by Gasteiger charge is -2.08. The maximum atomic E-state index is 12.8. The quantitative estimate of drug-likeness (QED) is 0.614. The highest BCUT2D eigenvalue weighted by Crippen LogP contribution is 2.25. The Labute approximate surface area is 94.2 Å². The minimum absolute atomic E-state index is 0.0104. The summed E-state index contributed by atoms with van der Waals surface area (Å²) in [6.45, 7) is 1.52. The van der Waals surface area contributed by atoms with Gasteiger partial charge in [0.05, 0.1) is 17.2 Å². The van der Waals surface area contributed by atoms with E-state index in [-0.39, 0.29) is 6.61 Å². The molecule has 16 heavy (non-hydrogen) atoms. The Kier molecular flexibility index (Phi) is 4.12. The zero-order valence-corrected chi connectivity index (χ0v) is 8.89. The van der Waals surface area contributed by atoms with Crippen LogP contribution in [0.3, 0.4) is 0 Å². The number of carbonyl (C=O) groups is 1. The fraction of sp³-hybridized carbons (Fsp3) is 0.333. The van der Waals surface area contributed by atoms with Crippen molar-refractivity contribution in [2.24, 2.45) is 0 Å². The van der Waals surface area contributed by atoms with Crippen molar-refractivity contribution in [3.63, 3.8) is 0 Å². The smallest absolute Gasteiger partial charge is 0.340 e. The summed E-state index contributed by atoms with van der Waals surface area (Å²) in [6.07, 6.45) is -3.08. The zero-order chi connectivity index (χ0) is 12.3. The van der Waals surface area contributed by atoms with Crippen LogP contribution in [0.2, 0.25) is 5.02 Å². The number of esters is 1. The van der Waals surface area contributed by atoms with E-state index in [0.29, 0.717) is 0 Å². The lowest BCUT2D eigenvalue weighted by Crippen LogP contribution is -2.11. The van der Waals surface area contributed by atoms with Crippen LogP contribution in [-0.2, 0) is 4.74 Å². The van der Waals surface area contributed by atoms with Gasteiger partial charge in [0, 0.05) is 0 Å². The van der Waals surface area contributed by atoms with E-state index < -0.39 is 34.6 Å². The van der Waals surface area contributed by atoms with Crippen LogP contribution in [0.15, 0.2) is 6.07 Å². The van der Waals surface area contributed by atoms with Crippen LogP contribution in [-0.4, -0.2) is 17.6 Å². The minimum atomic E-state index is -3.08. The fourth-order valence-electron chi connectivity index (χ4n) is 1.02. The molecule has 0 amide bonds. The Morgan fingerprint density at radius 1 is 1.62 bits per heavy atom. The van der Waals surface area contributed by atoms with Gasteiger partial charge in [0.2, 0.25) is 5.95 Å². The summed E-state index contributed by atoms with van der Waals surface area (Å²) in [7, 11) is 0. The van der Waals surface area contributed by atoms with Gasteiger partial charge in [-0.2, -0.15) is 4.39 Å². The molecule has 0 aliphatic heterocycles. The van der Waals surface area contributed by atoms with Gasteiger partial charge in [0.15, 0.2) is 0 Å². The summed E-state index contributed by atoms with van der Waals surface area (Å²) < 4.78 is 42.3. The number of carbonyl (C=O) groups excluding carboxylic acids is 1. The van der Waals surface area contributed by atoms with Crippen molar-refractivity contribution in [1.82, 2.24) is 4.98 Å². The number of hydrogen-bond acceptors (Lipinski definition) is 3. The predicted octanol–water partition coefficient (Wildman–Crippen LogP) is 2.99. The summed E-state index contributed by atoms with van der Waals surface area (Å²) in [5.41, 5.74) is -1.50. The zero-order valence-electron chi connectivity index (χ0n) is 8.14. The lowest BCUT2D eigenvalue weighted by atomic mass is 10.2. The van der Waals surface area contributed by atoms with E-state index in [1.165, 1.54) is 6.92 Å². The van der Waals surface area contributed by atoms with Crippen LogP contribution < -0.4 is 0 Å². The van der Waals surface area contributed by atoms with Crippen molar-refractivity contribution in [1.29, 1.82) is 0 Å². The summed E-state index contributed by atoms with van der Waals surface area (Å²) in [6, 6.07) is 0.781. The van der Waals surface area contributed by atoms with Crippen molar-refractivity contribution in [2.45, 2.75) is 13.3 Å². The summed E-state index contributed by atoms with van der Waals surface area (Å²) in [5, 5.41) is -0.507. The van der Waals surface area contributed by atoms with Gasteiger partial charge in [-0.15, -0.1) is 0 Å². The molecule has 0 fully saturated rings. The summed E-state index contributed by atoms with van der Waals surface area (Å²) in [5.74, 6) is -2.25. The average molecular weight is 254 g/mol. The number of rotatable bonds is 3. The minimum Gasteiger partial charge on any atom is -0.462 e. The van der Waals surface area contributed by atoms with Crippen LogP contribution in [0, 0.1) is 5.95 Å². The Balaban J connectivity index is 3.24. The van der Waals surface area contributed by atoms with Crippen LogP contribution in [0.1, 0.15) is 29.4 Å². The fourth-order valence-corrected chi connectivity index (χ4v) is 1.17. The van der Waals surface area contributed by atoms with Crippen molar-refractivity contribution in [3.05, 3.63) is 28.3 Å². The van der Waals surface area contributed by atoms with Crippen molar-refractivity contribution in [2.75, 3.05) is 6.61 Å². The van der Waals surface area contributed by atoms with Crippen molar-refractivity contribution in [3.8, 4) is 0 Å². The van der Waals surface area contributed by atoms with Gasteiger partial charge in [-0.3, -0.25) is 0 Å². The standard InChI is InChI=1S/C9H7ClF3NO2/c1-2-16-9(15)4-3-5(10)8(13)14-6(4)7(11)12/h3,7H,2H2,1H3. The normalized spacial score (nSPS) is 10.6. The van der Waals surface area contributed by atoms with Gasteiger partial charge in [-0.1, -0.05) is 11.6 Å². The molecule has 0 N–H and O–H groups in total.